The summed E-state index contributed by atoms with van der Waals surface area (Å²) < 4.78 is 5.61. The summed E-state index contributed by atoms with van der Waals surface area (Å²) in [7, 11) is 2.05. The quantitative estimate of drug-likeness (QED) is 0.821. The largest absolute Gasteiger partial charge is 0.461 e. The first-order chi connectivity index (χ1) is 10.6. The Balaban J connectivity index is 1.64. The van der Waals surface area contributed by atoms with Gasteiger partial charge in [0.2, 0.25) is 0 Å². The SMILES string of the molecule is CN(C[C@@H]1CC2(CCC2)C(=O)O1)[C@@H](CCO)c1ccccc1. The number of ether oxygens (including phenoxy) is 1. The van der Waals surface area contributed by atoms with Crippen LogP contribution in [0, 0.1) is 5.41 Å². The lowest BCUT2D eigenvalue weighted by Crippen LogP contribution is -2.35. The number of aliphatic hydroxyl groups excluding tert-OH is 1. The number of carbonyl (C=O) groups excluding carboxylic acids is 1. The second kappa shape index (κ2) is 6.39. The Morgan fingerprint density at radius 2 is 2.09 bits per heavy atom. The van der Waals surface area contributed by atoms with Crippen molar-refractivity contribution in [2.75, 3.05) is 20.2 Å². The summed E-state index contributed by atoms with van der Waals surface area (Å²) >= 11 is 0. The predicted octanol–water partition coefficient (Wildman–Crippen LogP) is 2.53. The number of cyclic esters (lactones) is 1. The summed E-state index contributed by atoms with van der Waals surface area (Å²) in [4.78, 5) is 14.3. The van der Waals surface area contributed by atoms with Gasteiger partial charge in [0, 0.05) is 25.6 Å². The molecule has 0 unspecified atom stereocenters. The van der Waals surface area contributed by atoms with Gasteiger partial charge in [0.05, 0.1) is 5.41 Å². The first-order valence-electron chi connectivity index (χ1n) is 8.22. The van der Waals surface area contributed by atoms with Crippen molar-refractivity contribution in [3.8, 4) is 0 Å². The summed E-state index contributed by atoms with van der Waals surface area (Å²) in [6.07, 6.45) is 4.66. The van der Waals surface area contributed by atoms with Crippen molar-refractivity contribution in [2.45, 2.75) is 44.2 Å². The van der Waals surface area contributed by atoms with Crippen molar-refractivity contribution in [2.24, 2.45) is 5.41 Å². The maximum atomic E-state index is 12.1. The van der Waals surface area contributed by atoms with Gasteiger partial charge in [0.25, 0.3) is 0 Å². The molecule has 3 rings (SSSR count). The lowest BCUT2D eigenvalue weighted by Gasteiger charge is -2.34. The summed E-state index contributed by atoms with van der Waals surface area (Å²) in [5.74, 6) is 0.00979. The third-order valence-electron chi connectivity index (χ3n) is 5.25. The molecule has 0 radical (unpaired) electrons. The van der Waals surface area contributed by atoms with Crippen molar-refractivity contribution >= 4 is 5.97 Å². The Bertz CT molecular complexity index is 512. The number of likely N-dealkylation sites (N-methyl/N-ethyl adjacent to an activating group) is 1. The van der Waals surface area contributed by atoms with Crippen LogP contribution in [0.4, 0.5) is 0 Å². The number of hydrogen-bond donors (Lipinski definition) is 1. The van der Waals surface area contributed by atoms with E-state index in [0.29, 0.717) is 6.42 Å². The maximum Gasteiger partial charge on any atom is 0.312 e. The average Bonchev–Trinajstić information content (AvgIpc) is 2.82. The van der Waals surface area contributed by atoms with Crippen LogP contribution in [0.25, 0.3) is 0 Å². The van der Waals surface area contributed by atoms with E-state index >= 15 is 0 Å². The third kappa shape index (κ3) is 2.90. The number of hydrogen-bond acceptors (Lipinski definition) is 4. The summed E-state index contributed by atoms with van der Waals surface area (Å²) in [5, 5.41) is 9.37. The van der Waals surface area contributed by atoms with Gasteiger partial charge in [-0.1, -0.05) is 36.8 Å². The molecule has 1 saturated heterocycles. The summed E-state index contributed by atoms with van der Waals surface area (Å²) in [6.45, 7) is 0.880. The minimum atomic E-state index is -0.162. The molecule has 0 amide bonds. The van der Waals surface area contributed by atoms with Crippen LogP contribution in [0.15, 0.2) is 30.3 Å². The summed E-state index contributed by atoms with van der Waals surface area (Å²) in [6, 6.07) is 10.4. The fourth-order valence-corrected chi connectivity index (χ4v) is 3.84. The van der Waals surface area contributed by atoms with Crippen LogP contribution in [0.1, 0.15) is 43.7 Å². The van der Waals surface area contributed by atoms with E-state index in [0.717, 1.165) is 32.2 Å². The number of esters is 1. The monoisotopic (exact) mass is 303 g/mol. The van der Waals surface area contributed by atoms with E-state index in [-0.39, 0.29) is 30.1 Å². The topological polar surface area (TPSA) is 49.8 Å². The lowest BCUT2D eigenvalue weighted by atomic mass is 9.67. The number of nitrogens with zero attached hydrogens (tertiary/aromatic N) is 1. The fraction of sp³-hybridized carbons (Fsp3) is 0.611. The number of rotatable bonds is 6. The van der Waals surface area contributed by atoms with Crippen LogP contribution in [0.3, 0.4) is 0 Å². The molecule has 4 heteroatoms. The van der Waals surface area contributed by atoms with Gasteiger partial charge in [-0.2, -0.15) is 0 Å². The Morgan fingerprint density at radius 1 is 1.36 bits per heavy atom. The van der Waals surface area contributed by atoms with Crippen molar-refractivity contribution in [3.63, 3.8) is 0 Å². The molecule has 1 spiro atoms. The minimum absolute atomic E-state index is 0.00979. The van der Waals surface area contributed by atoms with E-state index in [1.807, 2.05) is 25.2 Å². The van der Waals surface area contributed by atoms with Gasteiger partial charge in [-0.15, -0.1) is 0 Å². The Labute approximate surface area is 132 Å². The van der Waals surface area contributed by atoms with Crippen molar-refractivity contribution in [1.29, 1.82) is 0 Å². The van der Waals surface area contributed by atoms with E-state index in [1.54, 1.807) is 0 Å². The normalized spacial score (nSPS) is 24.3. The van der Waals surface area contributed by atoms with Crippen LogP contribution < -0.4 is 0 Å². The molecule has 2 aliphatic rings. The molecule has 1 saturated carbocycles. The molecule has 0 aromatic heterocycles. The van der Waals surface area contributed by atoms with Gasteiger partial charge < -0.3 is 9.84 Å². The molecule has 2 fully saturated rings. The molecule has 2 atom stereocenters. The molecule has 1 aromatic rings. The molecule has 1 aliphatic carbocycles. The molecular formula is C18H25NO3. The highest BCUT2D eigenvalue weighted by Crippen LogP contribution is 2.50. The van der Waals surface area contributed by atoms with E-state index in [4.69, 9.17) is 4.74 Å². The fourth-order valence-electron chi connectivity index (χ4n) is 3.84. The summed E-state index contributed by atoms with van der Waals surface area (Å²) in [5.41, 5.74) is 1.03. The molecule has 1 N–H and O–H groups in total. The molecule has 22 heavy (non-hydrogen) atoms. The zero-order valence-electron chi connectivity index (χ0n) is 13.2. The zero-order chi connectivity index (χ0) is 15.6. The molecule has 1 aliphatic heterocycles. The highest BCUT2D eigenvalue weighted by molar-refractivity contribution is 5.80. The Hall–Kier alpha value is -1.39. The van der Waals surface area contributed by atoms with Crippen LogP contribution in [0.2, 0.25) is 0 Å². The van der Waals surface area contributed by atoms with E-state index in [9.17, 15) is 9.90 Å². The average molecular weight is 303 g/mol. The van der Waals surface area contributed by atoms with Crippen LogP contribution in [-0.4, -0.2) is 42.3 Å². The van der Waals surface area contributed by atoms with E-state index in [1.165, 1.54) is 5.56 Å². The molecule has 0 bridgehead atoms. The molecule has 4 nitrogen and oxygen atoms in total. The smallest absolute Gasteiger partial charge is 0.312 e. The van der Waals surface area contributed by atoms with Gasteiger partial charge >= 0.3 is 5.97 Å². The van der Waals surface area contributed by atoms with Gasteiger partial charge in [-0.05, 0) is 31.9 Å². The Morgan fingerprint density at radius 3 is 2.64 bits per heavy atom. The third-order valence-corrected chi connectivity index (χ3v) is 5.25. The number of aliphatic hydroxyl groups is 1. The van der Waals surface area contributed by atoms with E-state index < -0.39 is 0 Å². The van der Waals surface area contributed by atoms with E-state index in [2.05, 4.69) is 17.0 Å². The predicted molar refractivity (Wildman–Crippen MR) is 84.3 cm³/mol. The number of benzene rings is 1. The maximum absolute atomic E-state index is 12.1. The number of carbonyl (C=O) groups is 1. The second-order valence-electron chi connectivity index (χ2n) is 6.74. The van der Waals surface area contributed by atoms with Crippen LogP contribution in [-0.2, 0) is 9.53 Å². The zero-order valence-corrected chi connectivity index (χ0v) is 13.2. The van der Waals surface area contributed by atoms with Gasteiger partial charge in [-0.3, -0.25) is 9.69 Å². The first-order valence-corrected chi connectivity index (χ1v) is 8.22. The molecule has 1 heterocycles. The van der Waals surface area contributed by atoms with Crippen LogP contribution in [0.5, 0.6) is 0 Å². The highest BCUT2D eigenvalue weighted by atomic mass is 16.6. The Kier molecular flexibility index (Phi) is 4.50. The van der Waals surface area contributed by atoms with Gasteiger partial charge in [-0.25, -0.2) is 0 Å². The van der Waals surface area contributed by atoms with Crippen molar-refractivity contribution in [3.05, 3.63) is 35.9 Å². The molecule has 120 valence electrons. The second-order valence-corrected chi connectivity index (χ2v) is 6.74. The van der Waals surface area contributed by atoms with Gasteiger partial charge in [0.1, 0.15) is 6.10 Å². The molecular weight excluding hydrogens is 278 g/mol. The van der Waals surface area contributed by atoms with Crippen molar-refractivity contribution < 1.29 is 14.6 Å². The standard InChI is InChI=1S/C18H25NO3/c1-19(16(8-11-20)14-6-3-2-4-7-14)13-15-12-18(9-5-10-18)17(21)22-15/h2-4,6-7,15-16,20H,5,8-13H2,1H3/t15-,16-/m0/s1. The lowest BCUT2D eigenvalue weighted by molar-refractivity contribution is -0.152. The highest BCUT2D eigenvalue weighted by Gasteiger charge is 2.52. The van der Waals surface area contributed by atoms with Crippen molar-refractivity contribution in [1.82, 2.24) is 4.90 Å². The molecule has 1 aromatic carbocycles. The minimum Gasteiger partial charge on any atom is -0.461 e. The van der Waals surface area contributed by atoms with Crippen LogP contribution >= 0.6 is 0 Å². The van der Waals surface area contributed by atoms with Gasteiger partial charge in [0.15, 0.2) is 0 Å². The first kappa shape index (κ1) is 15.5.